The van der Waals surface area contributed by atoms with Crippen LogP contribution in [0, 0.1) is 27.7 Å². The number of nitrogens with zero attached hydrogens (tertiary/aromatic N) is 1. The number of hydrogen-bond donors (Lipinski definition) is 1. The normalized spacial score (nSPS) is 14.8. The molecule has 0 aliphatic carbocycles. The highest BCUT2D eigenvalue weighted by Crippen LogP contribution is 2.30. The predicted molar refractivity (Wildman–Crippen MR) is 104 cm³/mol. The first kappa shape index (κ1) is 18.5. The molecule has 0 atom stereocenters. The molecule has 1 heterocycles. The van der Waals surface area contributed by atoms with Gasteiger partial charge < -0.3 is 4.90 Å². The van der Waals surface area contributed by atoms with E-state index in [1.54, 1.807) is 30.9 Å². The molecule has 1 amide bonds. The molecular weight excluding hydrogens is 348 g/mol. The van der Waals surface area contributed by atoms with Crippen LogP contribution < -0.4 is 9.62 Å². The zero-order valence-corrected chi connectivity index (χ0v) is 16.4. The van der Waals surface area contributed by atoms with Crippen LogP contribution in [0.1, 0.15) is 35.1 Å². The number of hydrogen-bond acceptors (Lipinski definition) is 3. The number of rotatable bonds is 4. The van der Waals surface area contributed by atoms with E-state index >= 15 is 0 Å². The molecule has 5 nitrogen and oxygen atoms in total. The highest BCUT2D eigenvalue weighted by atomic mass is 32.2. The molecule has 26 heavy (non-hydrogen) atoms. The van der Waals surface area contributed by atoms with Crippen molar-refractivity contribution >= 4 is 27.3 Å². The minimum atomic E-state index is -3.71. The van der Waals surface area contributed by atoms with E-state index in [2.05, 4.69) is 4.72 Å². The summed E-state index contributed by atoms with van der Waals surface area (Å²) in [5.74, 6) is 0.0818. The minimum absolute atomic E-state index is 0.0818. The summed E-state index contributed by atoms with van der Waals surface area (Å²) >= 11 is 0. The summed E-state index contributed by atoms with van der Waals surface area (Å²) in [5.41, 5.74) is 4.65. The highest BCUT2D eigenvalue weighted by Gasteiger charge is 2.24. The first-order valence-electron chi connectivity index (χ1n) is 8.71. The lowest BCUT2D eigenvalue weighted by Gasteiger charge is -2.20. The Labute approximate surface area is 155 Å². The number of aryl methyl sites for hydroxylation is 4. The lowest BCUT2D eigenvalue weighted by Crippen LogP contribution is -2.25. The average molecular weight is 372 g/mol. The van der Waals surface area contributed by atoms with E-state index in [0.717, 1.165) is 34.4 Å². The van der Waals surface area contributed by atoms with Gasteiger partial charge in [0.25, 0.3) is 10.0 Å². The summed E-state index contributed by atoms with van der Waals surface area (Å²) in [4.78, 5) is 14.1. The van der Waals surface area contributed by atoms with Crippen LogP contribution in [0.15, 0.2) is 35.2 Å². The standard InChI is InChI=1S/C20H24N2O3S/c1-13-10-15(3)20(16(4)11-13)26(24,25)21-17-8-7-14(2)18(12-17)22-9-5-6-19(22)23/h7-8,10-12,21H,5-6,9H2,1-4H3. The van der Waals surface area contributed by atoms with Gasteiger partial charge in [-0.1, -0.05) is 23.8 Å². The minimum Gasteiger partial charge on any atom is -0.312 e. The van der Waals surface area contributed by atoms with Crippen molar-refractivity contribution in [2.45, 2.75) is 45.4 Å². The van der Waals surface area contributed by atoms with E-state index in [0.29, 0.717) is 23.5 Å². The number of amides is 1. The Morgan fingerprint density at radius 3 is 2.19 bits per heavy atom. The first-order chi connectivity index (χ1) is 12.2. The van der Waals surface area contributed by atoms with Crippen LogP contribution in [-0.2, 0) is 14.8 Å². The van der Waals surface area contributed by atoms with Gasteiger partial charge in [-0.05, 0) is 62.9 Å². The van der Waals surface area contributed by atoms with Crippen LogP contribution in [0.25, 0.3) is 0 Å². The van der Waals surface area contributed by atoms with Crippen molar-refractivity contribution in [1.29, 1.82) is 0 Å². The highest BCUT2D eigenvalue weighted by molar-refractivity contribution is 7.92. The van der Waals surface area contributed by atoms with Gasteiger partial charge in [-0.3, -0.25) is 9.52 Å². The molecule has 0 bridgehead atoms. The van der Waals surface area contributed by atoms with Crippen LogP contribution in [0.4, 0.5) is 11.4 Å². The van der Waals surface area contributed by atoms with Crippen molar-refractivity contribution in [3.8, 4) is 0 Å². The number of anilines is 2. The monoisotopic (exact) mass is 372 g/mol. The van der Waals surface area contributed by atoms with Gasteiger partial charge in [-0.25, -0.2) is 8.42 Å². The topological polar surface area (TPSA) is 66.5 Å². The summed E-state index contributed by atoms with van der Waals surface area (Å²) in [6.45, 7) is 8.15. The fourth-order valence-electron chi connectivity index (χ4n) is 3.66. The average Bonchev–Trinajstić information content (AvgIpc) is 2.93. The van der Waals surface area contributed by atoms with Crippen molar-refractivity contribution in [2.24, 2.45) is 0 Å². The van der Waals surface area contributed by atoms with Crippen molar-refractivity contribution in [1.82, 2.24) is 0 Å². The molecule has 0 radical (unpaired) electrons. The fraction of sp³-hybridized carbons (Fsp3) is 0.350. The Morgan fingerprint density at radius 2 is 1.62 bits per heavy atom. The van der Waals surface area contributed by atoms with Gasteiger partial charge in [0.15, 0.2) is 0 Å². The van der Waals surface area contributed by atoms with Crippen molar-refractivity contribution in [3.05, 3.63) is 52.6 Å². The van der Waals surface area contributed by atoms with E-state index in [1.807, 2.05) is 32.0 Å². The van der Waals surface area contributed by atoms with Crippen LogP contribution in [0.5, 0.6) is 0 Å². The van der Waals surface area contributed by atoms with Crippen LogP contribution >= 0.6 is 0 Å². The summed E-state index contributed by atoms with van der Waals surface area (Å²) in [7, 11) is -3.71. The smallest absolute Gasteiger partial charge is 0.262 e. The van der Waals surface area contributed by atoms with E-state index in [-0.39, 0.29) is 5.91 Å². The summed E-state index contributed by atoms with van der Waals surface area (Å²) in [6.07, 6.45) is 1.37. The molecule has 0 saturated carbocycles. The largest absolute Gasteiger partial charge is 0.312 e. The van der Waals surface area contributed by atoms with Crippen LogP contribution in [0.2, 0.25) is 0 Å². The third kappa shape index (κ3) is 3.46. The molecule has 0 spiro atoms. The van der Waals surface area contributed by atoms with Gasteiger partial charge in [0.1, 0.15) is 0 Å². The molecule has 1 aliphatic rings. The maximum absolute atomic E-state index is 12.9. The van der Waals surface area contributed by atoms with E-state index in [9.17, 15) is 13.2 Å². The Morgan fingerprint density at radius 1 is 0.962 bits per heavy atom. The van der Waals surface area contributed by atoms with Crippen LogP contribution in [-0.4, -0.2) is 20.9 Å². The molecule has 2 aromatic carbocycles. The summed E-state index contributed by atoms with van der Waals surface area (Å²) < 4.78 is 28.6. The van der Waals surface area contributed by atoms with Gasteiger partial charge in [0, 0.05) is 18.7 Å². The molecule has 1 fully saturated rings. The van der Waals surface area contributed by atoms with E-state index in [1.165, 1.54) is 0 Å². The molecule has 0 unspecified atom stereocenters. The second-order valence-electron chi connectivity index (χ2n) is 6.98. The number of carbonyl (C=O) groups is 1. The molecular formula is C20H24N2O3S. The lowest BCUT2D eigenvalue weighted by atomic mass is 10.1. The quantitative estimate of drug-likeness (QED) is 0.886. The first-order valence-corrected chi connectivity index (χ1v) is 10.2. The summed E-state index contributed by atoms with van der Waals surface area (Å²) in [5, 5.41) is 0. The maximum Gasteiger partial charge on any atom is 0.262 e. The Kier molecular flexibility index (Phi) is 4.80. The van der Waals surface area contributed by atoms with Gasteiger partial charge in [0.2, 0.25) is 5.91 Å². The third-order valence-corrected chi connectivity index (χ3v) is 6.38. The number of sulfonamides is 1. The molecule has 1 saturated heterocycles. The number of benzene rings is 2. The van der Waals surface area contributed by atoms with Crippen LogP contribution in [0.3, 0.4) is 0 Å². The number of carbonyl (C=O) groups excluding carboxylic acids is 1. The zero-order valence-electron chi connectivity index (χ0n) is 15.6. The van der Waals surface area contributed by atoms with Gasteiger partial charge >= 0.3 is 0 Å². The SMILES string of the molecule is Cc1cc(C)c(S(=O)(=O)Nc2ccc(C)c(N3CCCC3=O)c2)c(C)c1. The fourth-order valence-corrected chi connectivity index (χ4v) is 5.17. The third-order valence-electron chi connectivity index (χ3n) is 4.70. The Hall–Kier alpha value is -2.34. The van der Waals surface area contributed by atoms with Gasteiger partial charge in [0.05, 0.1) is 10.6 Å². The molecule has 3 rings (SSSR count). The molecule has 6 heteroatoms. The van der Waals surface area contributed by atoms with E-state index < -0.39 is 10.0 Å². The van der Waals surface area contributed by atoms with Gasteiger partial charge in [-0.2, -0.15) is 0 Å². The molecule has 1 aliphatic heterocycles. The van der Waals surface area contributed by atoms with Crippen molar-refractivity contribution in [2.75, 3.05) is 16.2 Å². The molecule has 1 N–H and O–H groups in total. The Bertz CT molecular complexity index is 958. The zero-order chi connectivity index (χ0) is 19.1. The molecule has 138 valence electrons. The van der Waals surface area contributed by atoms with Gasteiger partial charge in [-0.15, -0.1) is 0 Å². The Balaban J connectivity index is 1.97. The second kappa shape index (κ2) is 6.76. The van der Waals surface area contributed by atoms with Crippen molar-refractivity contribution < 1.29 is 13.2 Å². The summed E-state index contributed by atoms with van der Waals surface area (Å²) in [6, 6.07) is 9.05. The molecule has 2 aromatic rings. The maximum atomic E-state index is 12.9. The molecule has 0 aromatic heterocycles. The second-order valence-corrected chi connectivity index (χ2v) is 8.60. The predicted octanol–water partition coefficient (Wildman–Crippen LogP) is 3.85. The number of nitrogens with one attached hydrogen (secondary N) is 1. The van der Waals surface area contributed by atoms with Crippen molar-refractivity contribution in [3.63, 3.8) is 0 Å². The van der Waals surface area contributed by atoms with E-state index in [4.69, 9.17) is 0 Å². The lowest BCUT2D eigenvalue weighted by molar-refractivity contribution is -0.117.